The lowest BCUT2D eigenvalue weighted by molar-refractivity contribution is 0.103. The lowest BCUT2D eigenvalue weighted by atomic mass is 9.90. The lowest BCUT2D eigenvalue weighted by Crippen LogP contribution is -2.05. The van der Waals surface area contributed by atoms with Crippen LogP contribution in [0.5, 0.6) is 5.75 Å². The molecule has 0 saturated carbocycles. The molecule has 0 spiro atoms. The molecule has 26 heavy (non-hydrogen) atoms. The molecule has 3 aromatic carbocycles. The van der Waals surface area contributed by atoms with Gasteiger partial charge in [0.25, 0.3) is 0 Å². The quantitative estimate of drug-likeness (QED) is 0.677. The number of carbonyl (C=O) groups excluding carboxylic acids is 1. The Morgan fingerprint density at radius 2 is 1.58 bits per heavy atom. The summed E-state index contributed by atoms with van der Waals surface area (Å²) in [6.07, 6.45) is 1.84. The van der Waals surface area contributed by atoms with Crippen LogP contribution < -0.4 is 10.1 Å². The standard InChI is InChI=1S/C23H19NO2/c1-26-18-13-11-17(12-14-18)24-15-21-22(16-7-3-2-4-8-16)19-9-5-6-10-20(19)23(21)25/h2-15,22,24H,1H3/b21-15-/t22-/m0/s1. The summed E-state index contributed by atoms with van der Waals surface area (Å²) in [7, 11) is 1.64. The normalized spacial score (nSPS) is 17.2. The monoisotopic (exact) mass is 341 g/mol. The number of rotatable bonds is 4. The van der Waals surface area contributed by atoms with E-state index in [1.165, 1.54) is 0 Å². The summed E-state index contributed by atoms with van der Waals surface area (Å²) in [5, 5.41) is 3.26. The second-order valence-corrected chi connectivity index (χ2v) is 6.23. The third-order valence-corrected chi connectivity index (χ3v) is 4.71. The molecule has 0 fully saturated rings. The molecule has 3 aromatic rings. The van der Waals surface area contributed by atoms with Crippen LogP contribution in [0.15, 0.2) is 90.6 Å². The first-order valence-electron chi connectivity index (χ1n) is 8.57. The fourth-order valence-electron chi connectivity index (χ4n) is 3.41. The fraction of sp³-hybridized carbons (Fsp3) is 0.0870. The Labute approximate surface area is 152 Å². The SMILES string of the molecule is COc1ccc(N/C=C2\C(=O)c3ccccc3[C@@H]2c2ccccc2)cc1. The van der Waals surface area contributed by atoms with E-state index in [1.807, 2.05) is 72.9 Å². The van der Waals surface area contributed by atoms with Crippen molar-refractivity contribution in [3.63, 3.8) is 0 Å². The molecule has 128 valence electrons. The summed E-state index contributed by atoms with van der Waals surface area (Å²) in [5.41, 5.74) is 4.63. The van der Waals surface area contributed by atoms with Crippen molar-refractivity contribution >= 4 is 11.5 Å². The van der Waals surface area contributed by atoms with Crippen LogP contribution in [0.25, 0.3) is 0 Å². The van der Waals surface area contributed by atoms with E-state index in [-0.39, 0.29) is 11.7 Å². The highest BCUT2D eigenvalue weighted by molar-refractivity contribution is 6.15. The van der Waals surface area contributed by atoms with Gasteiger partial charge in [-0.1, -0.05) is 54.6 Å². The van der Waals surface area contributed by atoms with Crippen LogP contribution in [0, 0.1) is 0 Å². The molecular formula is C23H19NO2. The van der Waals surface area contributed by atoms with Crippen LogP contribution in [-0.2, 0) is 0 Å². The van der Waals surface area contributed by atoms with Crippen molar-refractivity contribution in [1.82, 2.24) is 0 Å². The highest BCUT2D eigenvalue weighted by Gasteiger charge is 2.35. The predicted molar refractivity (Wildman–Crippen MR) is 104 cm³/mol. The van der Waals surface area contributed by atoms with E-state index in [4.69, 9.17) is 4.74 Å². The van der Waals surface area contributed by atoms with Crippen molar-refractivity contribution in [3.8, 4) is 5.75 Å². The number of fused-ring (bicyclic) bond motifs is 1. The minimum absolute atomic E-state index is 0.0503. The van der Waals surface area contributed by atoms with Crippen LogP contribution in [0.1, 0.15) is 27.4 Å². The number of hydrogen-bond donors (Lipinski definition) is 1. The van der Waals surface area contributed by atoms with E-state index < -0.39 is 0 Å². The molecule has 0 saturated heterocycles. The molecule has 1 aliphatic rings. The summed E-state index contributed by atoms with van der Waals surface area (Å²) in [4.78, 5) is 13.0. The Bertz CT molecular complexity index is 959. The Kier molecular flexibility index (Phi) is 4.28. The topological polar surface area (TPSA) is 38.3 Å². The number of hydrogen-bond acceptors (Lipinski definition) is 3. The number of ether oxygens (including phenoxy) is 1. The van der Waals surface area contributed by atoms with Gasteiger partial charge in [-0.3, -0.25) is 4.79 Å². The average molecular weight is 341 g/mol. The van der Waals surface area contributed by atoms with Crippen molar-refractivity contribution in [2.24, 2.45) is 0 Å². The van der Waals surface area contributed by atoms with E-state index in [9.17, 15) is 4.79 Å². The zero-order chi connectivity index (χ0) is 17.9. The van der Waals surface area contributed by atoms with Gasteiger partial charge in [-0.2, -0.15) is 0 Å². The molecule has 0 amide bonds. The van der Waals surface area contributed by atoms with Crippen molar-refractivity contribution in [3.05, 3.63) is 107 Å². The van der Waals surface area contributed by atoms with E-state index in [0.717, 1.165) is 33.7 Å². The van der Waals surface area contributed by atoms with E-state index >= 15 is 0 Å². The Hall–Kier alpha value is -3.33. The van der Waals surface area contributed by atoms with Gasteiger partial charge in [0, 0.05) is 28.9 Å². The highest BCUT2D eigenvalue weighted by atomic mass is 16.5. The zero-order valence-electron chi connectivity index (χ0n) is 14.5. The number of nitrogens with one attached hydrogen (secondary N) is 1. The van der Waals surface area contributed by atoms with Crippen molar-refractivity contribution in [2.45, 2.75) is 5.92 Å². The van der Waals surface area contributed by atoms with Crippen LogP contribution >= 0.6 is 0 Å². The van der Waals surface area contributed by atoms with Gasteiger partial charge < -0.3 is 10.1 Å². The Morgan fingerprint density at radius 1 is 0.885 bits per heavy atom. The first-order valence-corrected chi connectivity index (χ1v) is 8.57. The number of carbonyl (C=O) groups is 1. The number of methoxy groups -OCH3 is 1. The molecule has 0 unspecified atom stereocenters. The first kappa shape index (κ1) is 16.2. The minimum atomic E-state index is -0.0503. The van der Waals surface area contributed by atoms with Crippen LogP contribution in [0.4, 0.5) is 5.69 Å². The molecule has 0 radical (unpaired) electrons. The maximum absolute atomic E-state index is 13.0. The van der Waals surface area contributed by atoms with Gasteiger partial charge in [-0.05, 0) is 35.4 Å². The average Bonchev–Trinajstić information content (AvgIpc) is 2.99. The number of allylic oxidation sites excluding steroid dienone is 1. The summed E-state index contributed by atoms with van der Waals surface area (Å²) < 4.78 is 5.18. The third kappa shape index (κ3) is 2.88. The molecule has 0 heterocycles. The van der Waals surface area contributed by atoms with Gasteiger partial charge in [0.2, 0.25) is 0 Å². The summed E-state index contributed by atoms with van der Waals surface area (Å²) in [5.74, 6) is 0.829. The van der Waals surface area contributed by atoms with Gasteiger partial charge in [-0.25, -0.2) is 0 Å². The molecule has 4 rings (SSSR count). The molecule has 1 N–H and O–H groups in total. The minimum Gasteiger partial charge on any atom is -0.497 e. The molecule has 3 heteroatoms. The van der Waals surface area contributed by atoms with Gasteiger partial charge in [0.15, 0.2) is 5.78 Å². The maximum atomic E-state index is 13.0. The van der Waals surface area contributed by atoms with Crippen LogP contribution in [-0.4, -0.2) is 12.9 Å². The zero-order valence-corrected chi connectivity index (χ0v) is 14.5. The second kappa shape index (κ2) is 6.89. The van der Waals surface area contributed by atoms with E-state index in [1.54, 1.807) is 7.11 Å². The van der Waals surface area contributed by atoms with Crippen molar-refractivity contribution in [2.75, 3.05) is 12.4 Å². The number of benzene rings is 3. The summed E-state index contributed by atoms with van der Waals surface area (Å²) in [6, 6.07) is 25.6. The van der Waals surface area contributed by atoms with Gasteiger partial charge in [0.05, 0.1) is 7.11 Å². The van der Waals surface area contributed by atoms with Gasteiger partial charge >= 0.3 is 0 Å². The fourth-order valence-corrected chi connectivity index (χ4v) is 3.41. The van der Waals surface area contributed by atoms with Crippen molar-refractivity contribution in [1.29, 1.82) is 0 Å². The highest BCUT2D eigenvalue weighted by Crippen LogP contribution is 2.41. The largest absolute Gasteiger partial charge is 0.497 e. The molecule has 1 atom stereocenters. The summed E-state index contributed by atoms with van der Waals surface area (Å²) in [6.45, 7) is 0. The molecule has 0 bridgehead atoms. The first-order chi connectivity index (χ1) is 12.8. The Balaban J connectivity index is 1.72. The van der Waals surface area contributed by atoms with E-state index in [2.05, 4.69) is 17.4 Å². The third-order valence-electron chi connectivity index (χ3n) is 4.71. The molecule has 0 aliphatic heterocycles. The number of Topliss-reactive ketones (excluding diaryl/α,β-unsaturated/α-hetero) is 1. The van der Waals surface area contributed by atoms with Gasteiger partial charge in [0.1, 0.15) is 5.75 Å². The van der Waals surface area contributed by atoms with Crippen molar-refractivity contribution < 1.29 is 9.53 Å². The number of anilines is 1. The predicted octanol–water partition coefficient (Wildman–Crippen LogP) is 5.02. The Morgan fingerprint density at radius 3 is 2.31 bits per heavy atom. The molecule has 0 aromatic heterocycles. The molecule has 1 aliphatic carbocycles. The smallest absolute Gasteiger partial charge is 0.191 e. The number of ketones is 1. The summed E-state index contributed by atoms with van der Waals surface area (Å²) >= 11 is 0. The lowest BCUT2D eigenvalue weighted by Gasteiger charge is -2.14. The maximum Gasteiger partial charge on any atom is 0.191 e. The van der Waals surface area contributed by atoms with Crippen LogP contribution in [0.2, 0.25) is 0 Å². The molecular weight excluding hydrogens is 322 g/mol. The molecule has 3 nitrogen and oxygen atoms in total. The van der Waals surface area contributed by atoms with E-state index in [0.29, 0.717) is 0 Å². The van der Waals surface area contributed by atoms with Crippen LogP contribution in [0.3, 0.4) is 0 Å². The second-order valence-electron chi connectivity index (χ2n) is 6.23. The van der Waals surface area contributed by atoms with Gasteiger partial charge in [-0.15, -0.1) is 0 Å².